The Labute approximate surface area is 151 Å². The molecule has 0 atom stereocenters. The van der Waals surface area contributed by atoms with Crippen molar-refractivity contribution < 1.29 is 24.7 Å². The van der Waals surface area contributed by atoms with E-state index in [1.165, 1.54) is 30.3 Å². The zero-order valence-electron chi connectivity index (χ0n) is 12.8. The highest BCUT2D eigenvalue weighted by molar-refractivity contribution is 9.10. The molecule has 0 bridgehead atoms. The van der Waals surface area contributed by atoms with Gasteiger partial charge in [-0.25, -0.2) is 4.79 Å². The lowest BCUT2D eigenvalue weighted by atomic mass is 10.2. The quantitative estimate of drug-likeness (QED) is 0.442. The molecule has 0 saturated heterocycles. The molecular weight excluding hydrogens is 394 g/mol. The Morgan fingerprint density at radius 3 is 2.16 bits per heavy atom. The molecule has 0 aliphatic heterocycles. The lowest BCUT2D eigenvalue weighted by molar-refractivity contribution is -0.384. The summed E-state index contributed by atoms with van der Waals surface area (Å²) < 4.78 is 0.849. The van der Waals surface area contributed by atoms with Crippen molar-refractivity contribution in [1.29, 1.82) is 0 Å². The fourth-order valence-electron chi connectivity index (χ4n) is 1.68. The van der Waals surface area contributed by atoms with Gasteiger partial charge in [0.2, 0.25) is 0 Å². The number of carboxylic acid groups (broad SMARTS) is 2. The van der Waals surface area contributed by atoms with Crippen LogP contribution < -0.4 is 0 Å². The largest absolute Gasteiger partial charge is 0.481 e. The topological polar surface area (TPSA) is 118 Å². The normalized spacial score (nSPS) is 9.96. The average molecular weight is 408 g/mol. The van der Waals surface area contributed by atoms with Crippen molar-refractivity contribution in [1.82, 2.24) is 0 Å². The molecule has 0 aliphatic rings. The van der Waals surface area contributed by atoms with Crippen LogP contribution in [0.4, 0.5) is 5.69 Å². The molecule has 2 rings (SSSR count). The van der Waals surface area contributed by atoms with Crippen molar-refractivity contribution in [3.8, 4) is 0 Å². The number of nitro benzene ring substituents is 1. The Bertz CT molecular complexity index is 786. The Kier molecular flexibility index (Phi) is 8.01. The highest BCUT2D eigenvalue weighted by Gasteiger charge is 2.03. The number of aliphatic carboxylic acids is 2. The van der Waals surface area contributed by atoms with Crippen LogP contribution in [-0.2, 0) is 16.0 Å². The number of hydrogen-bond acceptors (Lipinski definition) is 4. The van der Waals surface area contributed by atoms with Gasteiger partial charge in [-0.1, -0.05) is 34.1 Å². The van der Waals surface area contributed by atoms with Gasteiger partial charge < -0.3 is 10.2 Å². The molecule has 0 radical (unpaired) electrons. The molecule has 0 aromatic heterocycles. The zero-order chi connectivity index (χ0) is 18.8. The molecule has 130 valence electrons. The summed E-state index contributed by atoms with van der Waals surface area (Å²) >= 11 is 3.26. The Balaban J connectivity index is 0.000000257. The fraction of sp³-hybridized carbons (Fsp3) is 0.0588. The van der Waals surface area contributed by atoms with Gasteiger partial charge in [-0.15, -0.1) is 0 Å². The lowest BCUT2D eigenvalue weighted by Crippen LogP contribution is -2.00. The molecule has 2 aromatic carbocycles. The third kappa shape index (κ3) is 7.89. The monoisotopic (exact) mass is 407 g/mol. The van der Waals surface area contributed by atoms with Crippen LogP contribution in [0.3, 0.4) is 0 Å². The third-order valence-corrected chi connectivity index (χ3v) is 3.60. The number of benzene rings is 2. The number of carbonyl (C=O) groups is 2. The molecular formula is C17H14BrNO6. The third-order valence-electron chi connectivity index (χ3n) is 2.82. The molecule has 0 spiro atoms. The van der Waals surface area contributed by atoms with Crippen molar-refractivity contribution >= 4 is 39.6 Å². The highest BCUT2D eigenvalue weighted by Crippen LogP contribution is 2.16. The first kappa shape index (κ1) is 20.0. The van der Waals surface area contributed by atoms with E-state index in [0.717, 1.165) is 16.1 Å². The maximum atomic E-state index is 10.3. The molecule has 2 N–H and O–H groups in total. The van der Waals surface area contributed by atoms with Crippen LogP contribution in [0.5, 0.6) is 0 Å². The summed E-state index contributed by atoms with van der Waals surface area (Å²) in [6, 6.07) is 12.9. The van der Waals surface area contributed by atoms with E-state index in [0.29, 0.717) is 5.56 Å². The highest BCUT2D eigenvalue weighted by atomic mass is 79.9. The first-order valence-corrected chi connectivity index (χ1v) is 7.69. The van der Waals surface area contributed by atoms with Crippen LogP contribution in [0.25, 0.3) is 6.08 Å². The van der Waals surface area contributed by atoms with Gasteiger partial charge in [-0.05, 0) is 35.4 Å². The second kappa shape index (κ2) is 9.99. The van der Waals surface area contributed by atoms with Crippen LogP contribution in [-0.4, -0.2) is 27.1 Å². The number of rotatable bonds is 5. The first-order valence-electron chi connectivity index (χ1n) is 6.90. The number of halogens is 1. The van der Waals surface area contributed by atoms with E-state index in [1.54, 1.807) is 6.07 Å². The van der Waals surface area contributed by atoms with Crippen molar-refractivity contribution in [2.75, 3.05) is 0 Å². The summed E-state index contributed by atoms with van der Waals surface area (Å²) in [5.74, 6) is -1.86. The van der Waals surface area contributed by atoms with E-state index in [1.807, 2.05) is 18.2 Å². The first-order chi connectivity index (χ1) is 11.8. The van der Waals surface area contributed by atoms with E-state index in [4.69, 9.17) is 10.2 Å². The molecule has 0 saturated carbocycles. The SMILES string of the molecule is O=C(O)C=Cc1ccc([N+](=O)[O-])cc1.O=C(O)Cc1ccccc1Br. The summed E-state index contributed by atoms with van der Waals surface area (Å²) in [6.07, 6.45) is 2.41. The summed E-state index contributed by atoms with van der Waals surface area (Å²) in [4.78, 5) is 30.2. The Hall–Kier alpha value is -3.00. The van der Waals surface area contributed by atoms with Crippen molar-refractivity contribution in [2.24, 2.45) is 0 Å². The maximum Gasteiger partial charge on any atom is 0.328 e. The molecule has 25 heavy (non-hydrogen) atoms. The molecule has 2 aromatic rings. The predicted octanol–water partition coefficient (Wildman–Crippen LogP) is 3.77. The van der Waals surface area contributed by atoms with Gasteiger partial charge in [0.1, 0.15) is 0 Å². The van der Waals surface area contributed by atoms with Gasteiger partial charge in [0.05, 0.1) is 11.3 Å². The van der Waals surface area contributed by atoms with Crippen LogP contribution >= 0.6 is 15.9 Å². The average Bonchev–Trinajstić information content (AvgIpc) is 2.55. The molecule has 0 fully saturated rings. The summed E-state index contributed by atoms with van der Waals surface area (Å²) in [5, 5.41) is 27.1. The molecule has 0 amide bonds. The smallest absolute Gasteiger partial charge is 0.328 e. The van der Waals surface area contributed by atoms with Crippen molar-refractivity contribution in [3.05, 3.63) is 80.3 Å². The minimum Gasteiger partial charge on any atom is -0.481 e. The van der Waals surface area contributed by atoms with Gasteiger partial charge in [0.25, 0.3) is 5.69 Å². The second-order valence-corrected chi connectivity index (χ2v) is 5.54. The number of nitrogens with zero attached hydrogens (tertiary/aromatic N) is 1. The number of non-ortho nitro benzene ring substituents is 1. The Morgan fingerprint density at radius 1 is 1.08 bits per heavy atom. The van der Waals surface area contributed by atoms with Gasteiger partial charge in [-0.3, -0.25) is 14.9 Å². The van der Waals surface area contributed by atoms with E-state index in [-0.39, 0.29) is 12.1 Å². The van der Waals surface area contributed by atoms with Gasteiger partial charge in [0.15, 0.2) is 0 Å². The van der Waals surface area contributed by atoms with Crippen LogP contribution in [0.1, 0.15) is 11.1 Å². The van der Waals surface area contributed by atoms with E-state index >= 15 is 0 Å². The van der Waals surface area contributed by atoms with Crippen LogP contribution in [0, 0.1) is 10.1 Å². The van der Waals surface area contributed by atoms with Gasteiger partial charge in [0, 0.05) is 22.7 Å². The minimum absolute atomic E-state index is 0.0162. The summed E-state index contributed by atoms with van der Waals surface area (Å²) in [6.45, 7) is 0. The van der Waals surface area contributed by atoms with Crippen LogP contribution in [0.2, 0.25) is 0 Å². The van der Waals surface area contributed by atoms with Crippen molar-refractivity contribution in [3.63, 3.8) is 0 Å². The molecule has 0 heterocycles. The fourth-order valence-corrected chi connectivity index (χ4v) is 2.10. The summed E-state index contributed by atoms with van der Waals surface area (Å²) in [5.41, 5.74) is 1.40. The molecule has 0 aliphatic carbocycles. The lowest BCUT2D eigenvalue weighted by Gasteiger charge is -1.98. The van der Waals surface area contributed by atoms with Gasteiger partial charge >= 0.3 is 11.9 Å². The molecule has 8 heteroatoms. The van der Waals surface area contributed by atoms with E-state index < -0.39 is 16.9 Å². The van der Waals surface area contributed by atoms with E-state index in [2.05, 4.69) is 15.9 Å². The van der Waals surface area contributed by atoms with Gasteiger partial charge in [-0.2, -0.15) is 0 Å². The van der Waals surface area contributed by atoms with Crippen molar-refractivity contribution in [2.45, 2.75) is 6.42 Å². The number of hydrogen-bond donors (Lipinski definition) is 2. The number of carboxylic acids is 2. The standard InChI is InChI=1S/C9H7NO4.C8H7BrO2/c11-9(12)6-3-7-1-4-8(5-2-7)10(13)14;9-7-4-2-1-3-6(7)5-8(10)11/h1-6H,(H,11,12);1-4H,5H2,(H,10,11). The number of nitro groups is 1. The Morgan fingerprint density at radius 2 is 1.68 bits per heavy atom. The predicted molar refractivity (Wildman–Crippen MR) is 95.2 cm³/mol. The van der Waals surface area contributed by atoms with Crippen LogP contribution in [0.15, 0.2) is 59.1 Å². The summed E-state index contributed by atoms with van der Waals surface area (Å²) in [7, 11) is 0. The molecule has 0 unspecified atom stereocenters. The maximum absolute atomic E-state index is 10.3. The minimum atomic E-state index is -1.05. The van der Waals surface area contributed by atoms with E-state index in [9.17, 15) is 19.7 Å². The second-order valence-electron chi connectivity index (χ2n) is 4.68. The zero-order valence-corrected chi connectivity index (χ0v) is 14.4. The molecule has 7 nitrogen and oxygen atoms in total.